The molecule has 0 spiro atoms. The van der Waals surface area contributed by atoms with Gasteiger partial charge in [-0.05, 0) is 35.9 Å². The summed E-state index contributed by atoms with van der Waals surface area (Å²) < 4.78 is 0. The van der Waals surface area contributed by atoms with Crippen LogP contribution in [0.25, 0.3) is 0 Å². The molecule has 1 amide bonds. The van der Waals surface area contributed by atoms with Gasteiger partial charge in [-0.2, -0.15) is 0 Å². The third kappa shape index (κ3) is 2.25. The van der Waals surface area contributed by atoms with Gasteiger partial charge in [0.2, 0.25) is 0 Å². The monoisotopic (exact) mass is 334 g/mol. The summed E-state index contributed by atoms with van der Waals surface area (Å²) >= 11 is 5.98. The first-order chi connectivity index (χ1) is 11.7. The SMILES string of the molecule is O=C1Nc2ccccc2[C@@]1(Nc1ccc(Cl)cc1)c1ccccc1. The lowest BCUT2D eigenvalue weighted by Gasteiger charge is -2.30. The summed E-state index contributed by atoms with van der Waals surface area (Å²) in [4.78, 5) is 13.0. The Labute approximate surface area is 145 Å². The molecule has 4 heteroatoms. The third-order valence-electron chi connectivity index (χ3n) is 4.30. The number of amides is 1. The fourth-order valence-electron chi connectivity index (χ4n) is 3.18. The number of carbonyl (C=O) groups excluding carboxylic acids is 1. The lowest BCUT2D eigenvalue weighted by Crippen LogP contribution is -2.43. The van der Waals surface area contributed by atoms with Crippen LogP contribution in [0, 0.1) is 0 Å². The summed E-state index contributed by atoms with van der Waals surface area (Å²) in [5, 5.41) is 7.08. The maximum atomic E-state index is 13.0. The van der Waals surface area contributed by atoms with Crippen LogP contribution in [0.3, 0.4) is 0 Å². The molecule has 24 heavy (non-hydrogen) atoms. The summed E-state index contributed by atoms with van der Waals surface area (Å²) in [7, 11) is 0. The molecule has 3 aromatic carbocycles. The average Bonchev–Trinajstić information content (AvgIpc) is 2.90. The van der Waals surface area contributed by atoms with Crippen molar-refractivity contribution in [1.29, 1.82) is 0 Å². The van der Waals surface area contributed by atoms with Crippen molar-refractivity contribution >= 4 is 28.9 Å². The smallest absolute Gasteiger partial charge is 0.259 e. The normalized spacial score (nSPS) is 18.8. The molecule has 2 N–H and O–H groups in total. The van der Waals surface area contributed by atoms with E-state index in [0.29, 0.717) is 5.02 Å². The van der Waals surface area contributed by atoms with E-state index in [4.69, 9.17) is 11.6 Å². The highest BCUT2D eigenvalue weighted by molar-refractivity contribution is 6.30. The van der Waals surface area contributed by atoms with Crippen molar-refractivity contribution in [3.05, 3.63) is 95.0 Å². The zero-order valence-corrected chi connectivity index (χ0v) is 13.5. The Hall–Kier alpha value is -2.78. The van der Waals surface area contributed by atoms with Gasteiger partial charge in [0, 0.05) is 22.0 Å². The highest BCUT2D eigenvalue weighted by Gasteiger charge is 2.48. The molecule has 0 unspecified atom stereocenters. The van der Waals surface area contributed by atoms with Gasteiger partial charge in [0.05, 0.1) is 0 Å². The predicted octanol–water partition coefficient (Wildman–Crippen LogP) is 4.65. The molecular formula is C20H15ClN2O. The second-order valence-electron chi connectivity index (χ2n) is 5.75. The van der Waals surface area contributed by atoms with Crippen LogP contribution in [-0.2, 0) is 10.3 Å². The molecule has 1 heterocycles. The van der Waals surface area contributed by atoms with Crippen LogP contribution >= 0.6 is 11.6 Å². The van der Waals surface area contributed by atoms with Crippen molar-refractivity contribution in [2.24, 2.45) is 0 Å². The van der Waals surface area contributed by atoms with E-state index in [1.807, 2.05) is 66.7 Å². The van der Waals surface area contributed by atoms with E-state index >= 15 is 0 Å². The number of rotatable bonds is 3. The zero-order valence-electron chi connectivity index (χ0n) is 12.8. The van der Waals surface area contributed by atoms with Crippen LogP contribution in [0.2, 0.25) is 5.02 Å². The Morgan fingerprint density at radius 3 is 2.25 bits per heavy atom. The first kappa shape index (κ1) is 14.8. The molecule has 3 aromatic rings. The summed E-state index contributed by atoms with van der Waals surface area (Å²) in [5.74, 6) is -0.0927. The number of anilines is 2. The van der Waals surface area contributed by atoms with Gasteiger partial charge in [0.1, 0.15) is 0 Å². The van der Waals surface area contributed by atoms with Gasteiger partial charge in [-0.15, -0.1) is 0 Å². The van der Waals surface area contributed by atoms with Crippen LogP contribution < -0.4 is 10.6 Å². The number of benzene rings is 3. The summed E-state index contributed by atoms with van der Waals surface area (Å²) in [6.45, 7) is 0. The van der Waals surface area contributed by atoms with Crippen LogP contribution in [0.1, 0.15) is 11.1 Å². The van der Waals surface area contributed by atoms with Crippen molar-refractivity contribution in [3.63, 3.8) is 0 Å². The van der Waals surface area contributed by atoms with E-state index in [1.54, 1.807) is 12.1 Å². The largest absolute Gasteiger partial charge is 0.364 e. The fraction of sp³-hybridized carbons (Fsp3) is 0.0500. The number of hydrogen-bond acceptors (Lipinski definition) is 2. The molecule has 0 aliphatic carbocycles. The number of para-hydroxylation sites is 1. The van der Waals surface area contributed by atoms with Gasteiger partial charge >= 0.3 is 0 Å². The molecule has 0 saturated heterocycles. The third-order valence-corrected chi connectivity index (χ3v) is 4.55. The molecule has 3 nitrogen and oxygen atoms in total. The minimum Gasteiger partial charge on any atom is -0.364 e. The van der Waals surface area contributed by atoms with Crippen LogP contribution in [0.4, 0.5) is 11.4 Å². The minimum absolute atomic E-state index is 0.0927. The molecule has 1 atom stereocenters. The highest BCUT2D eigenvalue weighted by Crippen LogP contribution is 2.43. The first-order valence-electron chi connectivity index (χ1n) is 7.70. The van der Waals surface area contributed by atoms with Crippen molar-refractivity contribution < 1.29 is 4.79 Å². The number of carbonyl (C=O) groups is 1. The molecular weight excluding hydrogens is 320 g/mol. The van der Waals surface area contributed by atoms with E-state index < -0.39 is 5.54 Å². The average molecular weight is 335 g/mol. The second kappa shape index (κ2) is 5.69. The molecule has 0 aromatic heterocycles. The zero-order chi connectivity index (χ0) is 16.6. The molecule has 4 rings (SSSR count). The molecule has 0 fully saturated rings. The van der Waals surface area contributed by atoms with Crippen molar-refractivity contribution in [2.75, 3.05) is 10.6 Å². The lowest BCUT2D eigenvalue weighted by molar-refractivity contribution is -0.118. The fourth-order valence-corrected chi connectivity index (χ4v) is 3.30. The van der Waals surface area contributed by atoms with Gasteiger partial charge in [0.15, 0.2) is 5.54 Å². The van der Waals surface area contributed by atoms with E-state index in [2.05, 4.69) is 10.6 Å². The van der Waals surface area contributed by atoms with Gasteiger partial charge in [0.25, 0.3) is 5.91 Å². The van der Waals surface area contributed by atoms with Crippen LogP contribution in [-0.4, -0.2) is 5.91 Å². The molecule has 118 valence electrons. The first-order valence-corrected chi connectivity index (χ1v) is 8.08. The maximum absolute atomic E-state index is 13.0. The predicted molar refractivity (Wildman–Crippen MR) is 97.4 cm³/mol. The molecule has 1 aliphatic heterocycles. The Morgan fingerprint density at radius 1 is 0.833 bits per heavy atom. The maximum Gasteiger partial charge on any atom is 0.259 e. The molecule has 1 aliphatic rings. The quantitative estimate of drug-likeness (QED) is 0.732. The van der Waals surface area contributed by atoms with E-state index in [0.717, 1.165) is 22.5 Å². The van der Waals surface area contributed by atoms with Crippen molar-refractivity contribution in [2.45, 2.75) is 5.54 Å². The molecule has 0 radical (unpaired) electrons. The summed E-state index contributed by atoms with van der Waals surface area (Å²) in [6.07, 6.45) is 0. The number of halogens is 1. The van der Waals surface area contributed by atoms with Gasteiger partial charge in [-0.25, -0.2) is 0 Å². The molecule has 0 saturated carbocycles. The Kier molecular flexibility index (Phi) is 3.51. The number of fused-ring (bicyclic) bond motifs is 1. The Bertz CT molecular complexity index is 893. The molecule has 0 bridgehead atoms. The van der Waals surface area contributed by atoms with Gasteiger partial charge < -0.3 is 10.6 Å². The van der Waals surface area contributed by atoms with Gasteiger partial charge in [-0.3, -0.25) is 4.79 Å². The Morgan fingerprint density at radius 2 is 1.50 bits per heavy atom. The Balaban J connectivity index is 1.91. The lowest BCUT2D eigenvalue weighted by atomic mass is 9.83. The summed E-state index contributed by atoms with van der Waals surface area (Å²) in [5.41, 5.74) is 2.49. The van der Waals surface area contributed by atoms with Crippen molar-refractivity contribution in [1.82, 2.24) is 0 Å². The van der Waals surface area contributed by atoms with E-state index in [1.165, 1.54) is 0 Å². The van der Waals surface area contributed by atoms with E-state index in [-0.39, 0.29) is 5.91 Å². The topological polar surface area (TPSA) is 41.1 Å². The second-order valence-corrected chi connectivity index (χ2v) is 6.18. The van der Waals surface area contributed by atoms with Gasteiger partial charge in [-0.1, -0.05) is 60.1 Å². The number of hydrogen-bond donors (Lipinski definition) is 2. The summed E-state index contributed by atoms with van der Waals surface area (Å²) in [6, 6.07) is 24.9. The standard InChI is InChI=1S/C20H15ClN2O/c21-15-10-12-16(13-11-15)23-20(14-6-2-1-3-7-14)17-8-4-5-9-18(17)22-19(20)24/h1-13,23H,(H,22,24)/t20-/m0/s1. The minimum atomic E-state index is -0.967. The van der Waals surface area contributed by atoms with Crippen molar-refractivity contribution in [3.8, 4) is 0 Å². The highest BCUT2D eigenvalue weighted by atomic mass is 35.5. The number of nitrogens with one attached hydrogen (secondary N) is 2. The van der Waals surface area contributed by atoms with E-state index in [9.17, 15) is 4.79 Å². The van der Waals surface area contributed by atoms with Crippen LogP contribution in [0.5, 0.6) is 0 Å². The van der Waals surface area contributed by atoms with Crippen LogP contribution in [0.15, 0.2) is 78.9 Å².